The lowest BCUT2D eigenvalue weighted by molar-refractivity contribution is 0.251. The highest BCUT2D eigenvalue weighted by Crippen LogP contribution is 2.21. The van der Waals surface area contributed by atoms with Crippen LogP contribution in [0.15, 0.2) is 46.9 Å². The van der Waals surface area contributed by atoms with E-state index in [0.717, 1.165) is 5.76 Å². The molecule has 1 aromatic carbocycles. The van der Waals surface area contributed by atoms with E-state index in [-0.39, 0.29) is 11.8 Å². The smallest absolute Gasteiger partial charge is 0.284 e. The van der Waals surface area contributed by atoms with Crippen molar-refractivity contribution < 1.29 is 13.2 Å². The van der Waals surface area contributed by atoms with Gasteiger partial charge in [0.2, 0.25) is 0 Å². The van der Waals surface area contributed by atoms with E-state index in [0.29, 0.717) is 24.1 Å². The van der Waals surface area contributed by atoms with Crippen molar-refractivity contribution >= 4 is 11.8 Å². The Morgan fingerprint density at radius 3 is 2.50 bits per heavy atom. The summed E-state index contributed by atoms with van der Waals surface area (Å²) < 4.78 is 29.7. The Labute approximate surface area is 121 Å². The summed E-state index contributed by atoms with van der Waals surface area (Å²) in [6.07, 6.45) is 0. The van der Waals surface area contributed by atoms with Crippen molar-refractivity contribution in [3.05, 3.63) is 59.5 Å². The Hall–Kier alpha value is -1.33. The minimum absolute atomic E-state index is 0.200. The summed E-state index contributed by atoms with van der Waals surface area (Å²) in [5.74, 6) is -0.816. The molecule has 2 aromatic rings. The summed E-state index contributed by atoms with van der Waals surface area (Å²) in [7, 11) is 0. The Kier molecular flexibility index (Phi) is 5.61. The number of nitrogens with one attached hydrogen (secondary N) is 1. The molecule has 0 fully saturated rings. The van der Waals surface area contributed by atoms with Crippen LogP contribution in [0.4, 0.5) is 8.78 Å². The van der Waals surface area contributed by atoms with E-state index in [2.05, 4.69) is 24.4 Å². The molecule has 0 aliphatic heterocycles. The van der Waals surface area contributed by atoms with E-state index in [9.17, 15) is 8.78 Å². The summed E-state index contributed by atoms with van der Waals surface area (Å²) in [6.45, 7) is 2.65. The molecule has 2 nitrogen and oxygen atoms in total. The average Bonchev–Trinajstić information content (AvgIpc) is 2.91. The zero-order valence-electron chi connectivity index (χ0n) is 11.2. The van der Waals surface area contributed by atoms with Crippen molar-refractivity contribution in [2.75, 3.05) is 0 Å². The third-order valence-electron chi connectivity index (χ3n) is 2.95. The zero-order chi connectivity index (χ0) is 14.4. The standard InChI is InChI=1S/C15H17F2NOS/c1-11(12-5-3-2-4-6-12)18-9-13-7-8-14(19-13)10-20-15(16)17/h2-8,11,15,18H,9-10H2,1H3/t11-/m0/s1. The number of thioether (sulfide) groups is 1. The van der Waals surface area contributed by atoms with Crippen molar-refractivity contribution in [2.24, 2.45) is 0 Å². The summed E-state index contributed by atoms with van der Waals surface area (Å²) in [5.41, 5.74) is 1.20. The molecule has 0 amide bonds. The minimum Gasteiger partial charge on any atom is -0.464 e. The molecular weight excluding hydrogens is 280 g/mol. The highest BCUT2D eigenvalue weighted by molar-refractivity contribution is 7.98. The van der Waals surface area contributed by atoms with Crippen molar-refractivity contribution in [2.45, 2.75) is 31.0 Å². The van der Waals surface area contributed by atoms with Crippen LogP contribution in [0.3, 0.4) is 0 Å². The SMILES string of the molecule is C[C@H](NCc1ccc(CSC(F)F)o1)c1ccccc1. The van der Waals surface area contributed by atoms with Gasteiger partial charge in [-0.2, -0.15) is 8.78 Å². The quantitative estimate of drug-likeness (QED) is 0.809. The van der Waals surface area contributed by atoms with Gasteiger partial charge in [-0.3, -0.25) is 0 Å². The van der Waals surface area contributed by atoms with E-state index in [1.54, 1.807) is 6.07 Å². The fraction of sp³-hybridized carbons (Fsp3) is 0.333. The van der Waals surface area contributed by atoms with Crippen molar-refractivity contribution in [3.63, 3.8) is 0 Å². The first-order valence-corrected chi connectivity index (χ1v) is 7.45. The molecule has 1 aromatic heterocycles. The number of alkyl halides is 2. The number of hydrogen-bond donors (Lipinski definition) is 1. The molecule has 2 rings (SSSR count). The number of rotatable bonds is 7. The summed E-state index contributed by atoms with van der Waals surface area (Å²) >= 11 is 0.571. The van der Waals surface area contributed by atoms with Gasteiger partial charge in [-0.15, -0.1) is 0 Å². The van der Waals surface area contributed by atoms with E-state index in [1.165, 1.54) is 5.56 Å². The third kappa shape index (κ3) is 4.65. The fourth-order valence-electron chi connectivity index (χ4n) is 1.85. The Balaban J connectivity index is 1.82. The van der Waals surface area contributed by atoms with Crippen LogP contribution in [-0.2, 0) is 12.3 Å². The normalized spacial score (nSPS) is 12.8. The van der Waals surface area contributed by atoms with Gasteiger partial charge in [-0.05, 0) is 24.6 Å². The maximum Gasteiger partial charge on any atom is 0.284 e. The molecule has 1 N–H and O–H groups in total. The second kappa shape index (κ2) is 7.45. The molecule has 0 saturated carbocycles. The van der Waals surface area contributed by atoms with Gasteiger partial charge in [-0.1, -0.05) is 42.1 Å². The predicted octanol–water partition coefficient (Wildman–Crippen LogP) is 4.59. The molecule has 0 bridgehead atoms. The van der Waals surface area contributed by atoms with Gasteiger partial charge in [0, 0.05) is 6.04 Å². The maximum absolute atomic E-state index is 12.1. The first-order valence-electron chi connectivity index (χ1n) is 6.41. The Bertz CT molecular complexity index is 516. The molecule has 0 saturated heterocycles. The summed E-state index contributed by atoms with van der Waals surface area (Å²) in [5, 5.41) is 3.34. The van der Waals surface area contributed by atoms with Crippen LogP contribution in [0.5, 0.6) is 0 Å². The second-order valence-corrected chi connectivity index (χ2v) is 5.43. The first-order chi connectivity index (χ1) is 9.65. The summed E-state index contributed by atoms with van der Waals surface area (Å²) in [6, 6.07) is 13.9. The first kappa shape index (κ1) is 15.1. The Morgan fingerprint density at radius 2 is 1.80 bits per heavy atom. The number of furan rings is 1. The van der Waals surface area contributed by atoms with Crippen LogP contribution in [0.25, 0.3) is 0 Å². The lowest BCUT2D eigenvalue weighted by atomic mass is 10.1. The number of halogens is 2. The molecule has 108 valence electrons. The van der Waals surface area contributed by atoms with Crippen molar-refractivity contribution in [1.29, 1.82) is 0 Å². The predicted molar refractivity (Wildman–Crippen MR) is 77.7 cm³/mol. The van der Waals surface area contributed by atoms with Gasteiger partial charge in [0.1, 0.15) is 11.5 Å². The van der Waals surface area contributed by atoms with Crippen molar-refractivity contribution in [3.8, 4) is 0 Å². The molecule has 1 heterocycles. The molecule has 5 heteroatoms. The van der Waals surface area contributed by atoms with Gasteiger partial charge in [0.25, 0.3) is 5.76 Å². The van der Waals surface area contributed by atoms with Crippen LogP contribution in [0, 0.1) is 0 Å². The van der Waals surface area contributed by atoms with E-state index in [1.807, 2.05) is 24.3 Å². The maximum atomic E-state index is 12.1. The van der Waals surface area contributed by atoms with Gasteiger partial charge >= 0.3 is 0 Å². The van der Waals surface area contributed by atoms with Gasteiger partial charge in [0.15, 0.2) is 0 Å². The monoisotopic (exact) mass is 297 g/mol. The average molecular weight is 297 g/mol. The highest BCUT2D eigenvalue weighted by Gasteiger charge is 2.09. The zero-order valence-corrected chi connectivity index (χ0v) is 12.0. The molecule has 1 atom stereocenters. The highest BCUT2D eigenvalue weighted by atomic mass is 32.2. The van der Waals surface area contributed by atoms with Crippen molar-refractivity contribution in [1.82, 2.24) is 5.32 Å². The molecule has 20 heavy (non-hydrogen) atoms. The summed E-state index contributed by atoms with van der Waals surface area (Å²) in [4.78, 5) is 0. The van der Waals surface area contributed by atoms with Crippen LogP contribution in [0.2, 0.25) is 0 Å². The van der Waals surface area contributed by atoms with Gasteiger partial charge < -0.3 is 9.73 Å². The lowest BCUT2D eigenvalue weighted by Crippen LogP contribution is -2.17. The lowest BCUT2D eigenvalue weighted by Gasteiger charge is -2.12. The molecular formula is C15H17F2NOS. The second-order valence-electron chi connectivity index (χ2n) is 4.45. The largest absolute Gasteiger partial charge is 0.464 e. The molecule has 0 aliphatic rings. The van der Waals surface area contributed by atoms with E-state index >= 15 is 0 Å². The van der Waals surface area contributed by atoms with Crippen LogP contribution < -0.4 is 5.32 Å². The van der Waals surface area contributed by atoms with Gasteiger partial charge in [0.05, 0.1) is 12.3 Å². The minimum atomic E-state index is -2.36. The topological polar surface area (TPSA) is 25.2 Å². The fourth-order valence-corrected chi connectivity index (χ4v) is 2.30. The van der Waals surface area contributed by atoms with Crippen LogP contribution in [0.1, 0.15) is 30.0 Å². The molecule has 0 unspecified atom stereocenters. The van der Waals surface area contributed by atoms with E-state index in [4.69, 9.17) is 4.42 Å². The third-order valence-corrected chi connectivity index (χ3v) is 3.65. The van der Waals surface area contributed by atoms with Crippen LogP contribution in [-0.4, -0.2) is 5.76 Å². The number of hydrogen-bond acceptors (Lipinski definition) is 3. The van der Waals surface area contributed by atoms with Crippen LogP contribution >= 0.6 is 11.8 Å². The molecule has 0 spiro atoms. The molecule has 0 radical (unpaired) electrons. The Morgan fingerprint density at radius 1 is 1.10 bits per heavy atom. The van der Waals surface area contributed by atoms with Gasteiger partial charge in [-0.25, -0.2) is 0 Å². The number of benzene rings is 1. The molecule has 0 aliphatic carbocycles. The van der Waals surface area contributed by atoms with E-state index < -0.39 is 5.76 Å².